The Morgan fingerprint density at radius 1 is 1.57 bits per heavy atom. The maximum Gasteiger partial charge on any atom is 0.0738 e. The number of likely N-dealkylation sites (N-methyl/N-ethyl adjacent to an activating group) is 1. The first-order chi connectivity index (χ1) is 6.74. The molecule has 5 nitrogen and oxygen atoms in total. The average molecular weight is 197 g/mol. The van der Waals surface area contributed by atoms with E-state index in [1.165, 1.54) is 0 Å². The number of rotatable bonds is 6. The van der Waals surface area contributed by atoms with Crippen LogP contribution in [-0.2, 0) is 13.6 Å². The quantitative estimate of drug-likeness (QED) is 0.645. The van der Waals surface area contributed by atoms with Gasteiger partial charge in [0.05, 0.1) is 11.9 Å². The van der Waals surface area contributed by atoms with Crippen LogP contribution < -0.4 is 5.32 Å². The van der Waals surface area contributed by atoms with E-state index in [0.717, 1.165) is 31.9 Å². The molecule has 1 aromatic heterocycles. The average Bonchev–Trinajstić information content (AvgIpc) is 2.58. The first kappa shape index (κ1) is 11.1. The molecule has 1 rings (SSSR count). The Balaban J connectivity index is 2.13. The summed E-state index contributed by atoms with van der Waals surface area (Å²) in [4.78, 5) is 2.27. The summed E-state index contributed by atoms with van der Waals surface area (Å²) < 4.78 is 1.79. The van der Waals surface area contributed by atoms with Gasteiger partial charge in [-0.3, -0.25) is 4.68 Å². The highest BCUT2D eigenvalue weighted by atomic mass is 15.4. The zero-order valence-electron chi connectivity index (χ0n) is 9.19. The molecule has 0 atom stereocenters. The molecule has 5 heteroatoms. The Hall–Kier alpha value is -0.940. The third-order valence-corrected chi connectivity index (χ3v) is 2.32. The van der Waals surface area contributed by atoms with Crippen LogP contribution in [0, 0.1) is 0 Å². The minimum Gasteiger partial charge on any atom is -0.310 e. The lowest BCUT2D eigenvalue weighted by molar-refractivity contribution is 0.348. The minimum absolute atomic E-state index is 0.834. The Morgan fingerprint density at radius 2 is 2.36 bits per heavy atom. The molecule has 0 fully saturated rings. The summed E-state index contributed by atoms with van der Waals surface area (Å²) in [6.45, 7) is 6.15. The highest BCUT2D eigenvalue weighted by Gasteiger charge is 1.98. The van der Waals surface area contributed by atoms with Crippen LogP contribution in [0.25, 0.3) is 0 Å². The van der Waals surface area contributed by atoms with Gasteiger partial charge in [0.1, 0.15) is 0 Å². The zero-order valence-corrected chi connectivity index (χ0v) is 9.19. The monoisotopic (exact) mass is 197 g/mol. The number of hydrogen-bond acceptors (Lipinski definition) is 4. The van der Waals surface area contributed by atoms with E-state index in [2.05, 4.69) is 34.5 Å². The van der Waals surface area contributed by atoms with Gasteiger partial charge in [-0.1, -0.05) is 12.1 Å². The predicted molar refractivity (Wildman–Crippen MR) is 55.9 cm³/mol. The maximum absolute atomic E-state index is 3.86. The summed E-state index contributed by atoms with van der Waals surface area (Å²) in [5.74, 6) is 0. The lowest BCUT2D eigenvalue weighted by Crippen LogP contribution is -2.29. The number of hydrogen-bond donors (Lipinski definition) is 1. The largest absolute Gasteiger partial charge is 0.310 e. The van der Waals surface area contributed by atoms with Crippen molar-refractivity contribution in [1.29, 1.82) is 0 Å². The summed E-state index contributed by atoms with van der Waals surface area (Å²) in [6, 6.07) is 0. The molecule has 0 saturated carbocycles. The second kappa shape index (κ2) is 5.72. The smallest absolute Gasteiger partial charge is 0.0738 e. The van der Waals surface area contributed by atoms with Crippen molar-refractivity contribution >= 4 is 0 Å². The molecule has 14 heavy (non-hydrogen) atoms. The first-order valence-electron chi connectivity index (χ1n) is 4.97. The molecule has 1 N–H and O–H groups in total. The molecule has 0 radical (unpaired) electrons. The van der Waals surface area contributed by atoms with Crippen molar-refractivity contribution in [2.75, 3.05) is 26.7 Å². The van der Waals surface area contributed by atoms with Crippen LogP contribution in [-0.4, -0.2) is 46.6 Å². The molecule has 1 heterocycles. The standard InChI is InChI=1S/C9H19N5/c1-4-13(2)6-5-10-7-9-8-11-12-14(9)3/h8,10H,4-7H2,1-3H3. The lowest BCUT2D eigenvalue weighted by atomic mass is 10.4. The third-order valence-electron chi connectivity index (χ3n) is 2.32. The van der Waals surface area contributed by atoms with E-state index in [1.807, 2.05) is 7.05 Å². The molecule has 80 valence electrons. The molecular formula is C9H19N5. The second-order valence-electron chi connectivity index (χ2n) is 3.42. The van der Waals surface area contributed by atoms with Crippen molar-refractivity contribution in [3.8, 4) is 0 Å². The Bertz CT molecular complexity index is 257. The second-order valence-corrected chi connectivity index (χ2v) is 3.42. The van der Waals surface area contributed by atoms with Crippen LogP contribution >= 0.6 is 0 Å². The molecule has 0 bridgehead atoms. The Morgan fingerprint density at radius 3 is 2.93 bits per heavy atom. The summed E-state index contributed by atoms with van der Waals surface area (Å²) in [5, 5.41) is 11.0. The van der Waals surface area contributed by atoms with Crippen molar-refractivity contribution in [3.05, 3.63) is 11.9 Å². The van der Waals surface area contributed by atoms with Gasteiger partial charge in [0, 0.05) is 26.7 Å². The topological polar surface area (TPSA) is 46.0 Å². The Kier molecular flexibility index (Phi) is 4.55. The van der Waals surface area contributed by atoms with E-state index in [0.29, 0.717) is 0 Å². The predicted octanol–water partition coefficient (Wildman–Crippen LogP) is -0.144. The van der Waals surface area contributed by atoms with Crippen LogP contribution in [0.5, 0.6) is 0 Å². The summed E-state index contributed by atoms with van der Waals surface area (Å²) in [6.07, 6.45) is 1.79. The highest BCUT2D eigenvalue weighted by Crippen LogP contribution is 1.91. The minimum atomic E-state index is 0.834. The maximum atomic E-state index is 3.86. The van der Waals surface area contributed by atoms with Gasteiger partial charge in [0.2, 0.25) is 0 Å². The summed E-state index contributed by atoms with van der Waals surface area (Å²) >= 11 is 0. The van der Waals surface area contributed by atoms with Crippen molar-refractivity contribution in [2.24, 2.45) is 7.05 Å². The van der Waals surface area contributed by atoms with Crippen molar-refractivity contribution in [1.82, 2.24) is 25.2 Å². The van der Waals surface area contributed by atoms with Crippen LogP contribution in [0.3, 0.4) is 0 Å². The van der Waals surface area contributed by atoms with E-state index in [-0.39, 0.29) is 0 Å². The summed E-state index contributed by atoms with van der Waals surface area (Å²) in [5.41, 5.74) is 1.11. The molecule has 0 spiro atoms. The van der Waals surface area contributed by atoms with Crippen LogP contribution in [0.15, 0.2) is 6.20 Å². The van der Waals surface area contributed by atoms with Gasteiger partial charge in [0.15, 0.2) is 0 Å². The van der Waals surface area contributed by atoms with Crippen molar-refractivity contribution < 1.29 is 0 Å². The van der Waals surface area contributed by atoms with Gasteiger partial charge < -0.3 is 10.2 Å². The van der Waals surface area contributed by atoms with Gasteiger partial charge in [-0.05, 0) is 13.6 Å². The number of nitrogens with one attached hydrogen (secondary N) is 1. The molecule has 0 aromatic carbocycles. The fourth-order valence-electron chi connectivity index (χ4n) is 1.12. The van der Waals surface area contributed by atoms with E-state index in [1.54, 1.807) is 10.9 Å². The van der Waals surface area contributed by atoms with Crippen LogP contribution in [0.2, 0.25) is 0 Å². The molecule has 0 aliphatic rings. The summed E-state index contributed by atoms with van der Waals surface area (Å²) in [7, 11) is 4.02. The molecule has 0 unspecified atom stereocenters. The fourth-order valence-corrected chi connectivity index (χ4v) is 1.12. The van der Waals surface area contributed by atoms with E-state index < -0.39 is 0 Å². The molecule has 0 aliphatic carbocycles. The highest BCUT2D eigenvalue weighted by molar-refractivity contribution is 4.91. The van der Waals surface area contributed by atoms with Gasteiger partial charge in [0.25, 0.3) is 0 Å². The fraction of sp³-hybridized carbons (Fsp3) is 0.778. The van der Waals surface area contributed by atoms with Gasteiger partial charge >= 0.3 is 0 Å². The third kappa shape index (κ3) is 3.43. The SMILES string of the molecule is CCN(C)CCNCc1cnnn1C. The molecule has 1 aromatic rings. The molecular weight excluding hydrogens is 178 g/mol. The van der Waals surface area contributed by atoms with E-state index in [9.17, 15) is 0 Å². The van der Waals surface area contributed by atoms with Gasteiger partial charge in [-0.2, -0.15) is 0 Å². The van der Waals surface area contributed by atoms with Gasteiger partial charge in [-0.15, -0.1) is 5.10 Å². The van der Waals surface area contributed by atoms with E-state index >= 15 is 0 Å². The number of aryl methyl sites for hydroxylation is 1. The van der Waals surface area contributed by atoms with Crippen LogP contribution in [0.4, 0.5) is 0 Å². The van der Waals surface area contributed by atoms with Gasteiger partial charge in [-0.25, -0.2) is 0 Å². The zero-order chi connectivity index (χ0) is 10.4. The molecule has 0 amide bonds. The number of aromatic nitrogens is 3. The van der Waals surface area contributed by atoms with Crippen molar-refractivity contribution in [3.63, 3.8) is 0 Å². The van der Waals surface area contributed by atoms with Crippen LogP contribution in [0.1, 0.15) is 12.6 Å². The van der Waals surface area contributed by atoms with Crippen molar-refractivity contribution in [2.45, 2.75) is 13.5 Å². The number of nitrogens with zero attached hydrogens (tertiary/aromatic N) is 4. The van der Waals surface area contributed by atoms with E-state index in [4.69, 9.17) is 0 Å². The first-order valence-corrected chi connectivity index (χ1v) is 4.97. The lowest BCUT2D eigenvalue weighted by Gasteiger charge is -2.13. The normalized spacial score (nSPS) is 11.1. The molecule has 0 aliphatic heterocycles. The Labute approximate surface area is 85.1 Å². The molecule has 0 saturated heterocycles.